The zero-order valence-electron chi connectivity index (χ0n) is 17.2. The van der Waals surface area contributed by atoms with Crippen LogP contribution in [0, 0.1) is 10.1 Å². The Balaban J connectivity index is 1.75. The number of sulfonamides is 1. The van der Waals surface area contributed by atoms with Crippen molar-refractivity contribution in [3.05, 3.63) is 64.2 Å². The third-order valence-corrected chi connectivity index (χ3v) is 7.35. The molecule has 0 N–H and O–H groups in total. The Kier molecular flexibility index (Phi) is 5.69. The highest BCUT2D eigenvalue weighted by atomic mass is 32.2. The first-order valence-corrected chi connectivity index (χ1v) is 11.1. The topological polar surface area (TPSA) is 83.8 Å². The van der Waals surface area contributed by atoms with Crippen molar-refractivity contribution < 1.29 is 13.3 Å². The molecule has 156 valence electrons. The van der Waals surface area contributed by atoms with Gasteiger partial charge in [-0.05, 0) is 42.2 Å². The maximum absolute atomic E-state index is 13.2. The molecule has 0 saturated carbocycles. The molecular formula is C21H27N3O4S. The first-order chi connectivity index (χ1) is 13.5. The second-order valence-electron chi connectivity index (χ2n) is 8.46. The zero-order valence-corrected chi connectivity index (χ0v) is 18.0. The maximum Gasteiger partial charge on any atom is 0.269 e. The molecule has 1 aliphatic rings. The summed E-state index contributed by atoms with van der Waals surface area (Å²) in [5.41, 5.74) is 1.95. The van der Waals surface area contributed by atoms with Gasteiger partial charge in [0.2, 0.25) is 10.0 Å². The van der Waals surface area contributed by atoms with E-state index in [-0.39, 0.29) is 17.1 Å². The van der Waals surface area contributed by atoms with Gasteiger partial charge in [-0.3, -0.25) is 10.1 Å². The molecule has 7 nitrogen and oxygen atoms in total. The molecule has 1 fully saturated rings. The number of nitro groups is 1. The zero-order chi connectivity index (χ0) is 21.4. The lowest BCUT2D eigenvalue weighted by molar-refractivity contribution is -0.384. The Labute approximate surface area is 172 Å². The van der Waals surface area contributed by atoms with E-state index in [0.717, 1.165) is 11.3 Å². The highest BCUT2D eigenvalue weighted by Crippen LogP contribution is 2.28. The van der Waals surface area contributed by atoms with Gasteiger partial charge in [0.15, 0.2) is 0 Å². The van der Waals surface area contributed by atoms with E-state index in [2.05, 4.69) is 25.7 Å². The largest absolute Gasteiger partial charge is 0.369 e. The third kappa shape index (κ3) is 4.43. The molecule has 0 aromatic heterocycles. The highest BCUT2D eigenvalue weighted by Gasteiger charge is 2.34. The summed E-state index contributed by atoms with van der Waals surface area (Å²) in [5.74, 6) is 0. The number of benzene rings is 2. The van der Waals surface area contributed by atoms with Gasteiger partial charge in [0, 0.05) is 43.5 Å². The van der Waals surface area contributed by atoms with E-state index >= 15 is 0 Å². The van der Waals surface area contributed by atoms with E-state index in [1.165, 1.54) is 12.1 Å². The normalized spacial score (nSPS) is 18.6. The van der Waals surface area contributed by atoms with Gasteiger partial charge in [0.1, 0.15) is 0 Å². The maximum atomic E-state index is 13.2. The quantitative estimate of drug-likeness (QED) is 0.558. The predicted octanol–water partition coefficient (Wildman–Crippen LogP) is 3.79. The summed E-state index contributed by atoms with van der Waals surface area (Å²) in [7, 11) is -3.58. The molecule has 0 aliphatic carbocycles. The van der Waals surface area contributed by atoms with Crippen LogP contribution in [0.3, 0.4) is 0 Å². The van der Waals surface area contributed by atoms with Crippen LogP contribution in [0.2, 0.25) is 0 Å². The van der Waals surface area contributed by atoms with Gasteiger partial charge in [0.25, 0.3) is 5.69 Å². The minimum absolute atomic E-state index is 0.0357. The Morgan fingerprint density at radius 3 is 2.07 bits per heavy atom. The van der Waals surface area contributed by atoms with Gasteiger partial charge in [-0.2, -0.15) is 4.31 Å². The molecule has 3 rings (SSSR count). The van der Waals surface area contributed by atoms with E-state index < -0.39 is 14.9 Å². The number of nitro benzene ring substituents is 1. The van der Waals surface area contributed by atoms with Crippen LogP contribution in [0.1, 0.15) is 33.3 Å². The minimum atomic E-state index is -3.58. The first kappa shape index (κ1) is 21.3. The molecule has 1 aliphatic heterocycles. The molecule has 0 unspecified atom stereocenters. The lowest BCUT2D eigenvalue weighted by atomic mass is 9.87. The van der Waals surface area contributed by atoms with Crippen LogP contribution < -0.4 is 4.90 Å². The van der Waals surface area contributed by atoms with E-state index in [9.17, 15) is 18.5 Å². The van der Waals surface area contributed by atoms with Crippen LogP contribution in [0.15, 0.2) is 53.4 Å². The van der Waals surface area contributed by atoms with Crippen molar-refractivity contribution in [3.63, 3.8) is 0 Å². The Morgan fingerprint density at radius 1 is 1.00 bits per heavy atom. The van der Waals surface area contributed by atoms with Crippen molar-refractivity contribution >= 4 is 21.4 Å². The van der Waals surface area contributed by atoms with Crippen molar-refractivity contribution in [2.24, 2.45) is 0 Å². The van der Waals surface area contributed by atoms with Crippen LogP contribution in [0.5, 0.6) is 0 Å². The molecule has 8 heteroatoms. The minimum Gasteiger partial charge on any atom is -0.369 e. The molecule has 0 radical (unpaired) electrons. The lowest BCUT2D eigenvalue weighted by Gasteiger charge is -2.40. The number of anilines is 1. The summed E-state index contributed by atoms with van der Waals surface area (Å²) in [6.07, 6.45) is 0. The smallest absolute Gasteiger partial charge is 0.269 e. The number of nitrogens with zero attached hydrogens (tertiary/aromatic N) is 3. The third-order valence-electron chi connectivity index (χ3n) is 5.32. The monoisotopic (exact) mass is 417 g/mol. The van der Waals surface area contributed by atoms with Crippen molar-refractivity contribution in [1.29, 1.82) is 0 Å². The van der Waals surface area contributed by atoms with E-state index in [4.69, 9.17) is 0 Å². The number of hydrogen-bond donors (Lipinski definition) is 0. The van der Waals surface area contributed by atoms with Gasteiger partial charge in [-0.15, -0.1) is 0 Å². The summed E-state index contributed by atoms with van der Waals surface area (Å²) in [5, 5.41) is 10.8. The van der Waals surface area contributed by atoms with E-state index in [1.807, 2.05) is 19.1 Å². The van der Waals surface area contributed by atoms with Crippen LogP contribution in [0.4, 0.5) is 11.4 Å². The molecular weight excluding hydrogens is 390 g/mol. The number of non-ortho nitro benzene ring substituents is 1. The molecule has 1 heterocycles. The number of hydrogen-bond acceptors (Lipinski definition) is 5. The summed E-state index contributed by atoms with van der Waals surface area (Å²) in [4.78, 5) is 12.8. The molecule has 1 saturated heterocycles. The Bertz CT molecular complexity index is 980. The first-order valence-electron chi connectivity index (χ1n) is 9.62. The number of rotatable bonds is 4. The van der Waals surface area contributed by atoms with Crippen molar-refractivity contribution in [2.75, 3.05) is 24.5 Å². The van der Waals surface area contributed by atoms with E-state index in [1.54, 1.807) is 28.6 Å². The summed E-state index contributed by atoms with van der Waals surface area (Å²) >= 11 is 0. The van der Waals surface area contributed by atoms with Crippen molar-refractivity contribution in [1.82, 2.24) is 4.31 Å². The Hall–Kier alpha value is -2.45. The van der Waals surface area contributed by atoms with E-state index in [0.29, 0.717) is 24.5 Å². The predicted molar refractivity (Wildman–Crippen MR) is 114 cm³/mol. The number of piperazine rings is 1. The SMILES string of the molecule is C[C@@H]1CN(c2ccc([N+](=O)[O-])cc2)CCN1S(=O)(=O)c1ccc(C(C)(C)C)cc1. The van der Waals surface area contributed by atoms with Crippen LogP contribution in [-0.4, -0.2) is 43.3 Å². The average molecular weight is 418 g/mol. The molecule has 1 atom stereocenters. The van der Waals surface area contributed by atoms with Crippen LogP contribution in [-0.2, 0) is 15.4 Å². The van der Waals surface area contributed by atoms with Gasteiger partial charge in [0.05, 0.1) is 9.82 Å². The molecule has 29 heavy (non-hydrogen) atoms. The average Bonchev–Trinajstić information content (AvgIpc) is 2.67. The van der Waals surface area contributed by atoms with Gasteiger partial charge >= 0.3 is 0 Å². The van der Waals surface area contributed by atoms with Crippen LogP contribution >= 0.6 is 0 Å². The molecule has 2 aromatic rings. The second kappa shape index (κ2) is 7.76. The fraction of sp³-hybridized carbons (Fsp3) is 0.429. The molecule has 2 aromatic carbocycles. The van der Waals surface area contributed by atoms with Crippen molar-refractivity contribution in [3.8, 4) is 0 Å². The van der Waals surface area contributed by atoms with Crippen LogP contribution in [0.25, 0.3) is 0 Å². The lowest BCUT2D eigenvalue weighted by Crippen LogP contribution is -2.54. The fourth-order valence-electron chi connectivity index (χ4n) is 3.58. The summed E-state index contributed by atoms with van der Waals surface area (Å²) in [6, 6.07) is 13.3. The standard InChI is InChI=1S/C21H27N3O4S/c1-16-15-22(18-7-9-19(10-8-18)24(25)26)13-14-23(16)29(27,28)20-11-5-17(6-12-20)21(2,3)4/h5-12,16H,13-15H2,1-4H3/t16-/m1/s1. The second-order valence-corrected chi connectivity index (χ2v) is 10.3. The van der Waals surface area contributed by atoms with Gasteiger partial charge < -0.3 is 4.90 Å². The fourth-order valence-corrected chi connectivity index (χ4v) is 5.19. The molecule has 0 bridgehead atoms. The molecule has 0 amide bonds. The van der Waals surface area contributed by atoms with Crippen molar-refractivity contribution in [2.45, 2.75) is 44.0 Å². The summed E-state index contributed by atoms with van der Waals surface area (Å²) in [6.45, 7) is 9.58. The van der Waals surface area contributed by atoms with Gasteiger partial charge in [-0.1, -0.05) is 32.9 Å². The Morgan fingerprint density at radius 2 is 1.59 bits per heavy atom. The highest BCUT2D eigenvalue weighted by molar-refractivity contribution is 7.89. The van der Waals surface area contributed by atoms with Gasteiger partial charge in [-0.25, -0.2) is 8.42 Å². The molecule has 0 spiro atoms. The summed E-state index contributed by atoms with van der Waals surface area (Å²) < 4.78 is 27.9.